The van der Waals surface area contributed by atoms with E-state index in [4.69, 9.17) is 5.73 Å². The molecule has 0 bridgehead atoms. The fourth-order valence-corrected chi connectivity index (χ4v) is 2.83. The molecule has 2 aromatic carbocycles. The summed E-state index contributed by atoms with van der Waals surface area (Å²) in [5.41, 5.74) is 9.11. The Morgan fingerprint density at radius 1 is 1.19 bits per heavy atom. The highest BCUT2D eigenvalue weighted by Crippen LogP contribution is 2.41. The molecule has 0 unspecified atom stereocenters. The number of halogens is 1. The number of para-hydroxylation sites is 1. The molecule has 0 amide bonds. The standard InChI is InChI=1S/C17H16FN3/c18-14-5-2-6-15-16(14)20-17(21(15)13-7-8-13)12-4-1-3-11(9-12)10-19/h1-6,9,13H,7-8,10,19H2. The van der Waals surface area contributed by atoms with Gasteiger partial charge in [-0.05, 0) is 36.6 Å². The van der Waals surface area contributed by atoms with Crippen molar-refractivity contribution in [1.82, 2.24) is 9.55 Å². The van der Waals surface area contributed by atoms with E-state index in [0.717, 1.165) is 35.3 Å². The zero-order valence-electron chi connectivity index (χ0n) is 11.6. The third kappa shape index (κ3) is 2.03. The lowest BCUT2D eigenvalue weighted by Gasteiger charge is -2.08. The van der Waals surface area contributed by atoms with Gasteiger partial charge in [0.25, 0.3) is 0 Å². The zero-order valence-corrected chi connectivity index (χ0v) is 11.6. The Balaban J connectivity index is 1.99. The number of rotatable bonds is 3. The van der Waals surface area contributed by atoms with Crippen molar-refractivity contribution in [2.24, 2.45) is 5.73 Å². The molecule has 0 atom stereocenters. The Labute approximate surface area is 122 Å². The second-order valence-corrected chi connectivity index (χ2v) is 5.55. The van der Waals surface area contributed by atoms with E-state index in [1.54, 1.807) is 6.07 Å². The molecule has 106 valence electrons. The van der Waals surface area contributed by atoms with E-state index in [1.807, 2.05) is 30.3 Å². The normalized spacial score (nSPS) is 14.8. The molecular formula is C17H16FN3. The van der Waals surface area contributed by atoms with Crippen LogP contribution in [0.25, 0.3) is 22.4 Å². The summed E-state index contributed by atoms with van der Waals surface area (Å²) >= 11 is 0. The fourth-order valence-electron chi connectivity index (χ4n) is 2.83. The minimum Gasteiger partial charge on any atom is -0.326 e. The van der Waals surface area contributed by atoms with Crippen molar-refractivity contribution < 1.29 is 4.39 Å². The molecule has 4 rings (SSSR count). The molecule has 1 aromatic heterocycles. The maximum Gasteiger partial charge on any atom is 0.151 e. The quantitative estimate of drug-likeness (QED) is 0.796. The summed E-state index contributed by atoms with van der Waals surface area (Å²) in [6.45, 7) is 0.492. The lowest BCUT2D eigenvalue weighted by atomic mass is 10.1. The van der Waals surface area contributed by atoms with E-state index in [0.29, 0.717) is 18.1 Å². The smallest absolute Gasteiger partial charge is 0.151 e. The van der Waals surface area contributed by atoms with Crippen molar-refractivity contribution in [3.05, 3.63) is 53.8 Å². The number of hydrogen-bond acceptors (Lipinski definition) is 2. The maximum absolute atomic E-state index is 14.0. The first-order valence-corrected chi connectivity index (χ1v) is 7.24. The highest BCUT2D eigenvalue weighted by Gasteiger charge is 2.29. The number of hydrogen-bond donors (Lipinski definition) is 1. The summed E-state index contributed by atoms with van der Waals surface area (Å²) in [5.74, 6) is 0.580. The Kier molecular flexibility index (Phi) is 2.79. The molecule has 0 saturated heterocycles. The Hall–Kier alpha value is -2.20. The first kappa shape index (κ1) is 12.5. The van der Waals surface area contributed by atoms with Crippen LogP contribution in [0.5, 0.6) is 0 Å². The van der Waals surface area contributed by atoms with Crippen molar-refractivity contribution in [2.75, 3.05) is 0 Å². The fraction of sp³-hybridized carbons (Fsp3) is 0.235. The van der Waals surface area contributed by atoms with Crippen LogP contribution in [0.4, 0.5) is 4.39 Å². The number of aromatic nitrogens is 2. The third-order valence-electron chi connectivity index (χ3n) is 4.00. The van der Waals surface area contributed by atoms with E-state index in [9.17, 15) is 4.39 Å². The third-order valence-corrected chi connectivity index (χ3v) is 4.00. The van der Waals surface area contributed by atoms with Crippen LogP contribution in [0, 0.1) is 5.82 Å². The van der Waals surface area contributed by atoms with E-state index >= 15 is 0 Å². The van der Waals surface area contributed by atoms with E-state index in [2.05, 4.69) is 9.55 Å². The van der Waals surface area contributed by atoms with Crippen molar-refractivity contribution in [3.63, 3.8) is 0 Å². The lowest BCUT2D eigenvalue weighted by Crippen LogP contribution is -1.99. The van der Waals surface area contributed by atoms with Gasteiger partial charge in [0.15, 0.2) is 5.82 Å². The summed E-state index contributed by atoms with van der Waals surface area (Å²) in [5, 5.41) is 0. The molecular weight excluding hydrogens is 265 g/mol. The van der Waals surface area contributed by atoms with Crippen LogP contribution >= 0.6 is 0 Å². The largest absolute Gasteiger partial charge is 0.326 e. The first-order valence-electron chi connectivity index (χ1n) is 7.24. The number of nitrogens with two attached hydrogens (primary N) is 1. The monoisotopic (exact) mass is 281 g/mol. The molecule has 0 radical (unpaired) electrons. The number of imidazole rings is 1. The zero-order chi connectivity index (χ0) is 14.4. The first-order chi connectivity index (χ1) is 10.3. The summed E-state index contributed by atoms with van der Waals surface area (Å²) in [6.07, 6.45) is 2.26. The van der Waals surface area contributed by atoms with Crippen LogP contribution in [0.1, 0.15) is 24.4 Å². The second kappa shape index (κ2) is 4.67. The van der Waals surface area contributed by atoms with E-state index in [1.165, 1.54) is 6.07 Å². The van der Waals surface area contributed by atoms with Gasteiger partial charge in [0, 0.05) is 18.2 Å². The number of benzene rings is 2. The SMILES string of the molecule is NCc1cccc(-c2nc3c(F)cccc3n2C2CC2)c1. The van der Waals surface area contributed by atoms with Crippen molar-refractivity contribution in [2.45, 2.75) is 25.4 Å². The minimum absolute atomic E-state index is 0.261. The van der Waals surface area contributed by atoms with Gasteiger partial charge < -0.3 is 10.3 Å². The second-order valence-electron chi connectivity index (χ2n) is 5.55. The Morgan fingerprint density at radius 3 is 2.76 bits per heavy atom. The molecule has 3 nitrogen and oxygen atoms in total. The van der Waals surface area contributed by atoms with Crippen LogP contribution in [-0.4, -0.2) is 9.55 Å². The molecule has 0 spiro atoms. The van der Waals surface area contributed by atoms with Gasteiger partial charge in [-0.15, -0.1) is 0 Å². The lowest BCUT2D eigenvalue weighted by molar-refractivity contribution is 0.637. The predicted octanol–water partition coefficient (Wildman–Crippen LogP) is 3.64. The van der Waals surface area contributed by atoms with Gasteiger partial charge in [0.2, 0.25) is 0 Å². The summed E-state index contributed by atoms with van der Waals surface area (Å²) in [6, 6.07) is 13.6. The van der Waals surface area contributed by atoms with Crippen LogP contribution in [0.2, 0.25) is 0 Å². The number of fused-ring (bicyclic) bond motifs is 1. The Bertz CT molecular complexity index is 818. The van der Waals surface area contributed by atoms with Gasteiger partial charge in [-0.2, -0.15) is 0 Å². The molecule has 4 heteroatoms. The average molecular weight is 281 g/mol. The summed E-state index contributed by atoms with van der Waals surface area (Å²) < 4.78 is 16.2. The summed E-state index contributed by atoms with van der Waals surface area (Å²) in [4.78, 5) is 4.57. The molecule has 1 saturated carbocycles. The van der Waals surface area contributed by atoms with Crippen LogP contribution in [0.15, 0.2) is 42.5 Å². The van der Waals surface area contributed by atoms with Gasteiger partial charge >= 0.3 is 0 Å². The van der Waals surface area contributed by atoms with Crippen LogP contribution < -0.4 is 5.73 Å². The molecule has 1 aliphatic carbocycles. The molecule has 21 heavy (non-hydrogen) atoms. The molecule has 0 aliphatic heterocycles. The topological polar surface area (TPSA) is 43.8 Å². The molecule has 1 fully saturated rings. The number of nitrogens with zero attached hydrogens (tertiary/aromatic N) is 2. The van der Waals surface area contributed by atoms with Gasteiger partial charge in [0.05, 0.1) is 5.52 Å². The summed E-state index contributed by atoms with van der Waals surface area (Å²) in [7, 11) is 0. The van der Waals surface area contributed by atoms with E-state index in [-0.39, 0.29) is 5.82 Å². The highest BCUT2D eigenvalue weighted by molar-refractivity contribution is 5.81. The van der Waals surface area contributed by atoms with Gasteiger partial charge in [-0.3, -0.25) is 0 Å². The molecule has 3 aromatic rings. The van der Waals surface area contributed by atoms with E-state index < -0.39 is 0 Å². The van der Waals surface area contributed by atoms with Crippen LogP contribution in [0.3, 0.4) is 0 Å². The van der Waals surface area contributed by atoms with Gasteiger partial charge in [0.1, 0.15) is 11.3 Å². The maximum atomic E-state index is 14.0. The highest BCUT2D eigenvalue weighted by atomic mass is 19.1. The molecule has 1 heterocycles. The average Bonchev–Trinajstić information content (AvgIpc) is 3.27. The minimum atomic E-state index is -0.261. The molecule has 1 aliphatic rings. The Morgan fingerprint density at radius 2 is 2.00 bits per heavy atom. The molecule has 2 N–H and O–H groups in total. The predicted molar refractivity (Wildman–Crippen MR) is 81.3 cm³/mol. The van der Waals surface area contributed by atoms with Crippen LogP contribution in [-0.2, 0) is 6.54 Å². The van der Waals surface area contributed by atoms with Crippen molar-refractivity contribution >= 4 is 11.0 Å². The van der Waals surface area contributed by atoms with Gasteiger partial charge in [-0.1, -0.05) is 24.3 Å². The van der Waals surface area contributed by atoms with Gasteiger partial charge in [-0.25, -0.2) is 9.37 Å². The van der Waals surface area contributed by atoms with Crippen molar-refractivity contribution in [1.29, 1.82) is 0 Å². The van der Waals surface area contributed by atoms with Crippen molar-refractivity contribution in [3.8, 4) is 11.4 Å².